The number of amidine groups is 1. The van der Waals surface area contributed by atoms with Gasteiger partial charge in [0, 0.05) is 19.5 Å². The molecule has 0 radical (unpaired) electrons. The van der Waals surface area contributed by atoms with Gasteiger partial charge in [-0.05, 0) is 112 Å². The van der Waals surface area contributed by atoms with E-state index in [1.54, 1.807) is 20.8 Å². The summed E-state index contributed by atoms with van der Waals surface area (Å²) in [5, 5.41) is 5.64. The maximum absolute atomic E-state index is 13.2. The highest BCUT2D eigenvalue weighted by Gasteiger charge is 2.59. The maximum Gasteiger partial charge on any atom is 0.407 e. The van der Waals surface area contributed by atoms with Gasteiger partial charge in [0.05, 0.1) is 45.4 Å². The second-order valence-corrected chi connectivity index (χ2v) is 20.3. The Hall–Kier alpha value is -2.22. The number of hydrogen-bond donors (Lipinski definition) is 5. The van der Waals surface area contributed by atoms with Crippen LogP contribution < -0.4 is 27.6 Å². The average Bonchev–Trinajstić information content (AvgIpc) is 3.50. The van der Waals surface area contributed by atoms with E-state index in [0.717, 1.165) is 54.8 Å². The van der Waals surface area contributed by atoms with Crippen LogP contribution in [-0.4, -0.2) is 82.4 Å². The average molecular weight is 824 g/mol. The molecule has 14 nitrogen and oxygen atoms in total. The lowest BCUT2D eigenvalue weighted by Crippen LogP contribution is -2.51. The van der Waals surface area contributed by atoms with Crippen LogP contribution in [0, 0.1) is 46.3 Å². The number of nitrogens with one attached hydrogen (secondary N) is 2. The lowest BCUT2D eigenvalue weighted by Gasteiger charge is -2.58. The van der Waals surface area contributed by atoms with Crippen molar-refractivity contribution >= 4 is 25.6 Å². The predicted octanol–water partition coefficient (Wildman–Crippen LogP) is 7.27. The molecule has 0 aromatic rings. The number of amides is 1. The van der Waals surface area contributed by atoms with E-state index in [-0.39, 0.29) is 70.1 Å². The van der Waals surface area contributed by atoms with E-state index in [0.29, 0.717) is 11.3 Å². The van der Waals surface area contributed by atoms with Gasteiger partial charge in [-0.1, -0.05) is 65.5 Å². The molecule has 0 saturated heterocycles. The van der Waals surface area contributed by atoms with Gasteiger partial charge in [-0.2, -0.15) is 0 Å². The van der Waals surface area contributed by atoms with Crippen molar-refractivity contribution in [2.45, 2.75) is 138 Å². The molecule has 57 heavy (non-hydrogen) atoms. The molecule has 328 valence electrons. The van der Waals surface area contributed by atoms with Crippen molar-refractivity contribution < 1.29 is 32.6 Å². The molecule has 9 unspecified atom stereocenters. The molecule has 3 fully saturated rings. The summed E-state index contributed by atoms with van der Waals surface area (Å²) in [4.78, 5) is 20.7. The zero-order valence-corrected chi connectivity index (χ0v) is 37.4. The summed E-state index contributed by atoms with van der Waals surface area (Å²) in [7, 11) is -3.71. The molecule has 4 rings (SSSR count). The molecule has 3 saturated carbocycles. The van der Waals surface area contributed by atoms with Gasteiger partial charge < -0.3 is 36.7 Å². The quantitative estimate of drug-likeness (QED) is 0.0173. The number of alkyl carbamates (subject to hydrolysis) is 1. The molecule has 0 aliphatic heterocycles. The highest BCUT2D eigenvalue weighted by molar-refractivity contribution is 7.51. The van der Waals surface area contributed by atoms with E-state index in [1.807, 2.05) is 0 Å². The highest BCUT2D eigenvalue weighted by Crippen LogP contribution is 2.67. The van der Waals surface area contributed by atoms with E-state index in [9.17, 15) is 9.36 Å². The minimum Gasteiger partial charge on any atom is -0.446 e. The van der Waals surface area contributed by atoms with Gasteiger partial charge >= 0.3 is 13.8 Å². The summed E-state index contributed by atoms with van der Waals surface area (Å²) in [5.41, 5.74) is 18.5. The molecule has 0 bridgehead atoms. The third-order valence-electron chi connectivity index (χ3n) is 13.6. The zero-order valence-electron chi connectivity index (χ0n) is 36.5. The molecule has 0 heterocycles. The fourth-order valence-corrected chi connectivity index (χ4v) is 12.0. The van der Waals surface area contributed by atoms with Crippen molar-refractivity contribution in [1.82, 2.24) is 10.4 Å². The van der Waals surface area contributed by atoms with E-state index < -0.39 is 19.6 Å². The van der Waals surface area contributed by atoms with Crippen molar-refractivity contribution in [2.75, 3.05) is 52.6 Å². The maximum atomic E-state index is 13.2. The summed E-state index contributed by atoms with van der Waals surface area (Å²) in [5.74, 6) is 4.16. The second-order valence-electron chi connectivity index (χ2n) is 18.5. The van der Waals surface area contributed by atoms with E-state index in [4.69, 9.17) is 40.5 Å². The summed E-state index contributed by atoms with van der Waals surface area (Å²) < 4.78 is 41.9. The monoisotopic (exact) mass is 824 g/mol. The Morgan fingerprint density at radius 1 is 0.930 bits per heavy atom. The number of nitrogens with zero attached hydrogens (tertiary/aromatic N) is 2. The first kappa shape index (κ1) is 47.5. The van der Waals surface area contributed by atoms with Crippen LogP contribution in [0.5, 0.6) is 0 Å². The fourth-order valence-electron chi connectivity index (χ4n) is 10.8. The summed E-state index contributed by atoms with van der Waals surface area (Å²) in [6, 6.07) is 0. The van der Waals surface area contributed by atoms with Crippen LogP contribution in [0.15, 0.2) is 21.6 Å². The Kier molecular flexibility index (Phi) is 17.8. The molecular formula is C42H78N7O7P. The van der Waals surface area contributed by atoms with Gasteiger partial charge in [0.25, 0.3) is 0 Å². The largest absolute Gasteiger partial charge is 0.446 e. The Morgan fingerprint density at radius 2 is 1.61 bits per heavy atom. The number of carbonyl (C=O) groups excluding carboxylic acids is 1. The number of allylic oxidation sites excluding steroid dienone is 1. The van der Waals surface area contributed by atoms with Gasteiger partial charge in [0.1, 0.15) is 6.10 Å². The highest BCUT2D eigenvalue weighted by atomic mass is 31.2. The van der Waals surface area contributed by atoms with E-state index in [1.165, 1.54) is 56.9 Å². The van der Waals surface area contributed by atoms with E-state index >= 15 is 0 Å². The number of nitrogens with two attached hydrogens (primary N) is 3. The Morgan fingerprint density at radius 3 is 2.28 bits per heavy atom. The zero-order chi connectivity index (χ0) is 41.9. The number of rotatable bonds is 23. The third-order valence-corrected chi connectivity index (χ3v) is 15.2. The van der Waals surface area contributed by atoms with Gasteiger partial charge in [-0.3, -0.25) is 19.0 Å². The first-order chi connectivity index (χ1) is 26.9. The minimum atomic E-state index is -3.71. The first-order valence-corrected chi connectivity index (χ1v) is 23.3. The van der Waals surface area contributed by atoms with Crippen LogP contribution >= 0.6 is 7.75 Å². The SMILES string of the molecule is CC(N)=NCCOP(=O)(NCCOC(C)(C)OCCNC(=O)OC1CCC2(C)C(=CCC3C2CCC2(C)C(C(C)CCCC(C)C)CCC32)C1)OCCN=C(N)N. The Bertz CT molecular complexity index is 1410. The van der Waals surface area contributed by atoms with Gasteiger partial charge in [0.2, 0.25) is 0 Å². The number of fused-ring (bicyclic) bond motifs is 5. The molecule has 0 aromatic carbocycles. The third kappa shape index (κ3) is 13.6. The summed E-state index contributed by atoms with van der Waals surface area (Å²) in [6.45, 7) is 18.8. The van der Waals surface area contributed by atoms with Crippen molar-refractivity contribution in [3.8, 4) is 0 Å². The molecule has 4 aliphatic carbocycles. The lowest BCUT2D eigenvalue weighted by molar-refractivity contribution is -0.210. The van der Waals surface area contributed by atoms with Crippen molar-refractivity contribution in [3.63, 3.8) is 0 Å². The van der Waals surface area contributed by atoms with E-state index in [2.05, 4.69) is 61.1 Å². The number of carbonyl (C=O) groups is 1. The number of ether oxygens (including phenoxy) is 3. The lowest BCUT2D eigenvalue weighted by atomic mass is 9.47. The smallest absolute Gasteiger partial charge is 0.407 e. The van der Waals surface area contributed by atoms with Crippen LogP contribution in [0.25, 0.3) is 0 Å². The molecule has 15 heteroatoms. The molecule has 4 aliphatic rings. The Labute approximate surface area is 343 Å². The molecule has 0 aromatic heterocycles. The van der Waals surface area contributed by atoms with Gasteiger partial charge in [-0.15, -0.1) is 0 Å². The minimum absolute atomic E-state index is 0.0239. The van der Waals surface area contributed by atoms with Crippen molar-refractivity contribution in [3.05, 3.63) is 11.6 Å². The number of hydrogen-bond acceptors (Lipinski definition) is 9. The van der Waals surface area contributed by atoms with Gasteiger partial charge in [-0.25, -0.2) is 14.4 Å². The van der Waals surface area contributed by atoms with Crippen LogP contribution in [-0.2, 0) is 27.8 Å². The Balaban J connectivity index is 1.16. The normalized spacial score (nSPS) is 30.4. The molecule has 1 amide bonds. The van der Waals surface area contributed by atoms with Crippen LogP contribution in [0.1, 0.15) is 126 Å². The predicted molar refractivity (Wildman–Crippen MR) is 228 cm³/mol. The van der Waals surface area contributed by atoms with Crippen LogP contribution in [0.2, 0.25) is 0 Å². The molecule has 8 N–H and O–H groups in total. The van der Waals surface area contributed by atoms with Crippen molar-refractivity contribution in [1.29, 1.82) is 0 Å². The number of aliphatic imine (C=N–C) groups is 2. The van der Waals surface area contributed by atoms with Crippen molar-refractivity contribution in [2.24, 2.45) is 73.5 Å². The fraction of sp³-hybridized carbons (Fsp3) is 0.881. The topological polar surface area (TPSA) is 207 Å². The standard InChI is InChI=1S/C42H78N7O7P/c1-29(2)10-9-11-30(3)35-14-15-36-34-13-12-32-28-33(16-18-41(32,7)37(34)17-19-42(35,36)8)56-39(50)48-20-24-52-40(5,6)53-25-23-49-57(51,54-26-21-46-31(4)43)55-27-22-47-38(44)45/h12,29-30,33-37H,9-11,13-28H2,1-8H3,(H2,43,46)(H,48,50)(H,49,51)(H4,44,45,47). The molecule has 9 atom stereocenters. The summed E-state index contributed by atoms with van der Waals surface area (Å²) >= 11 is 0. The summed E-state index contributed by atoms with van der Waals surface area (Å²) in [6.07, 6.45) is 15.6. The first-order valence-electron chi connectivity index (χ1n) is 21.8. The van der Waals surface area contributed by atoms with Gasteiger partial charge in [0.15, 0.2) is 11.7 Å². The molecular weight excluding hydrogens is 745 g/mol. The molecule has 0 spiro atoms. The second kappa shape index (κ2) is 21.3. The number of guanidine groups is 1. The van der Waals surface area contributed by atoms with Crippen LogP contribution in [0.4, 0.5) is 4.79 Å². The van der Waals surface area contributed by atoms with Crippen LogP contribution in [0.3, 0.4) is 0 Å².